The number of hydrogen-bond acceptors (Lipinski definition) is 8. The lowest BCUT2D eigenvalue weighted by atomic mass is 10.0. The smallest absolute Gasteiger partial charge is 0.335 e. The Morgan fingerprint density at radius 3 is 1.27 bits per heavy atom. The zero-order chi connectivity index (χ0) is 44.1. The van der Waals surface area contributed by atoms with Gasteiger partial charge in [0.15, 0.2) is 0 Å². The average Bonchev–Trinajstić information content (AvgIpc) is 3.91. The van der Waals surface area contributed by atoms with Gasteiger partial charge in [0, 0.05) is 11.1 Å². The first-order chi connectivity index (χ1) is 29.7. The van der Waals surface area contributed by atoms with Gasteiger partial charge in [0.25, 0.3) is 0 Å². The summed E-state index contributed by atoms with van der Waals surface area (Å²) in [5, 5.41) is 17.0. The van der Waals surface area contributed by atoms with E-state index in [4.69, 9.17) is 43.1 Å². The molecule has 0 radical (unpaired) electrons. The van der Waals surface area contributed by atoms with E-state index in [-0.39, 0.29) is 11.1 Å². The van der Waals surface area contributed by atoms with Crippen molar-refractivity contribution in [3.05, 3.63) is 168 Å². The van der Waals surface area contributed by atoms with Gasteiger partial charge in [-0.3, -0.25) is 0 Å². The van der Waals surface area contributed by atoms with Crippen molar-refractivity contribution in [2.24, 2.45) is 0 Å². The van der Waals surface area contributed by atoms with Crippen LogP contribution < -0.4 is 22.9 Å². The highest BCUT2D eigenvalue weighted by Crippen LogP contribution is 2.31. The molecule has 9 aromatic rings. The number of aromatic amines is 2. The number of rotatable bonds is 7. The molecule has 2 heterocycles. The molecule has 0 bridgehead atoms. The fraction of sp³-hybridized carbons (Fsp3) is 0.0800. The minimum absolute atomic E-state index is 0.0186. The van der Waals surface area contributed by atoms with E-state index in [9.17, 15) is 9.59 Å². The van der Waals surface area contributed by atoms with E-state index in [0.717, 1.165) is 73.2 Å². The van der Waals surface area contributed by atoms with Crippen molar-refractivity contribution in [3.63, 3.8) is 0 Å². The molecular weight excluding hydrogens is 777 g/mol. The van der Waals surface area contributed by atoms with E-state index in [1.807, 2.05) is 24.3 Å². The Balaban J connectivity index is 0.000000170. The molecule has 0 saturated heterocycles. The van der Waals surface area contributed by atoms with Crippen LogP contribution in [0.2, 0.25) is 0 Å². The maximum absolute atomic E-state index is 10.4. The third-order valence-electron chi connectivity index (χ3n) is 10.3. The van der Waals surface area contributed by atoms with Crippen molar-refractivity contribution in [1.82, 2.24) is 19.9 Å². The number of fused-ring (bicyclic) bond motifs is 2. The summed E-state index contributed by atoms with van der Waals surface area (Å²) in [7, 11) is 0. The molecule has 12 nitrogen and oxygen atoms in total. The first kappa shape index (κ1) is 41.8. The largest absolute Gasteiger partial charge is 0.478 e. The van der Waals surface area contributed by atoms with Gasteiger partial charge in [0.05, 0.1) is 55.9 Å². The van der Waals surface area contributed by atoms with Crippen molar-refractivity contribution in [3.8, 4) is 45.0 Å². The van der Waals surface area contributed by atoms with Crippen molar-refractivity contribution >= 4 is 56.8 Å². The fourth-order valence-corrected chi connectivity index (χ4v) is 6.68. The number of carbonyl (C=O) groups is 2. The molecule has 0 amide bonds. The monoisotopic (exact) mass is 822 g/mol. The number of carboxylic acid groups (broad SMARTS) is 2. The van der Waals surface area contributed by atoms with E-state index >= 15 is 0 Å². The average molecular weight is 823 g/mol. The Kier molecular flexibility index (Phi) is 12.0. The van der Waals surface area contributed by atoms with Crippen LogP contribution in [0.1, 0.15) is 51.6 Å². The zero-order valence-corrected chi connectivity index (χ0v) is 34.3. The van der Waals surface area contributed by atoms with Crippen molar-refractivity contribution in [2.75, 3.05) is 22.9 Å². The highest BCUT2D eigenvalue weighted by atomic mass is 16.4. The van der Waals surface area contributed by atoms with Gasteiger partial charge in [-0.25, -0.2) is 19.6 Å². The van der Waals surface area contributed by atoms with Crippen LogP contribution in [0.4, 0.5) is 22.7 Å². The summed E-state index contributed by atoms with van der Waals surface area (Å²) in [5.74, 6) is 0.0576. The molecule has 0 spiro atoms. The fourth-order valence-electron chi connectivity index (χ4n) is 6.68. The number of nitrogens with two attached hydrogens (primary N) is 4. The summed E-state index contributed by atoms with van der Waals surface area (Å²) in [6.07, 6.45) is 0. The number of aromatic carboxylic acids is 2. The van der Waals surface area contributed by atoms with E-state index in [1.165, 1.54) is 29.3 Å². The summed E-state index contributed by atoms with van der Waals surface area (Å²) in [6, 6.07) is 46.0. The maximum atomic E-state index is 10.4. The lowest BCUT2D eigenvalue weighted by Gasteiger charge is -2.07. The van der Waals surface area contributed by atoms with Gasteiger partial charge in [0.1, 0.15) is 11.6 Å². The molecule has 0 aliphatic rings. The number of aromatic nitrogens is 4. The van der Waals surface area contributed by atoms with Crippen LogP contribution in [0.3, 0.4) is 0 Å². The van der Waals surface area contributed by atoms with Crippen LogP contribution in [-0.2, 0) is 0 Å². The second kappa shape index (κ2) is 17.9. The Hall–Kier alpha value is -8.38. The summed E-state index contributed by atoms with van der Waals surface area (Å²) in [6.45, 7) is 6.51. The summed E-state index contributed by atoms with van der Waals surface area (Å²) < 4.78 is 0. The van der Waals surface area contributed by atoms with Crippen LogP contribution in [-0.4, -0.2) is 42.1 Å². The molecular formula is C50H46N8O4. The number of H-pyrrole nitrogens is 2. The number of anilines is 4. The molecule has 2 aromatic heterocycles. The van der Waals surface area contributed by atoms with Gasteiger partial charge in [-0.15, -0.1) is 0 Å². The number of imidazole rings is 2. The summed E-state index contributed by atoms with van der Waals surface area (Å²) in [5.41, 5.74) is 38.0. The standard InChI is InChI=1S/C30H26N4.C12H14N4.C8H6O4/c1-18(2)20-8-10-22(11-9-20)30-32-26-15-13-24(17-28(26)34-30)23-12-14-25-27(16-23)33-29(31-25)21-6-4-19(3)5-7-21;13-9-3-1-7(5-11(9)15)8-2-4-10(14)12(16)6-8;9-7(10)5-2-1-3-6(4-5)8(11)12/h4-18H,1-3H3,(H,31,33)(H,32,34);1-6H,13-16H2;1-4H,(H,9,10)(H,11,12). The Bertz CT molecular complexity index is 2980. The predicted molar refractivity (Wildman–Crippen MR) is 251 cm³/mol. The van der Waals surface area contributed by atoms with E-state index < -0.39 is 11.9 Å². The van der Waals surface area contributed by atoms with Crippen molar-refractivity contribution < 1.29 is 19.8 Å². The molecule has 0 atom stereocenters. The predicted octanol–water partition coefficient (Wildman–Crippen LogP) is 10.6. The van der Waals surface area contributed by atoms with Gasteiger partial charge in [0.2, 0.25) is 0 Å². The first-order valence-electron chi connectivity index (χ1n) is 19.8. The molecule has 0 unspecified atom stereocenters. The second-order valence-electron chi connectivity index (χ2n) is 15.2. The van der Waals surface area contributed by atoms with Gasteiger partial charge in [-0.1, -0.05) is 98.3 Å². The number of nitrogens with one attached hydrogen (secondary N) is 2. The zero-order valence-electron chi connectivity index (χ0n) is 34.3. The molecule has 62 heavy (non-hydrogen) atoms. The van der Waals surface area contributed by atoms with Crippen LogP contribution in [0.5, 0.6) is 0 Å². The maximum Gasteiger partial charge on any atom is 0.335 e. The Morgan fingerprint density at radius 1 is 0.484 bits per heavy atom. The number of hydrogen-bond donors (Lipinski definition) is 8. The van der Waals surface area contributed by atoms with Crippen LogP contribution in [0, 0.1) is 6.92 Å². The third-order valence-corrected chi connectivity index (χ3v) is 10.3. The number of benzene rings is 7. The van der Waals surface area contributed by atoms with Crippen LogP contribution in [0.25, 0.3) is 67.1 Å². The molecule has 7 aromatic carbocycles. The molecule has 12 N–H and O–H groups in total. The van der Waals surface area contributed by atoms with E-state index in [2.05, 4.69) is 116 Å². The molecule has 0 aliphatic carbocycles. The van der Waals surface area contributed by atoms with E-state index in [1.54, 1.807) is 12.1 Å². The minimum atomic E-state index is -1.13. The lowest BCUT2D eigenvalue weighted by molar-refractivity contribution is 0.0696. The number of nitrogen functional groups attached to an aromatic ring is 4. The quantitative estimate of drug-likeness (QED) is 0.0708. The molecule has 0 aliphatic heterocycles. The number of nitrogens with zero attached hydrogens (tertiary/aromatic N) is 2. The molecule has 9 rings (SSSR count). The van der Waals surface area contributed by atoms with Gasteiger partial charge < -0.3 is 43.1 Å². The highest BCUT2D eigenvalue weighted by Gasteiger charge is 2.11. The Morgan fingerprint density at radius 2 is 0.871 bits per heavy atom. The molecule has 0 fully saturated rings. The van der Waals surface area contributed by atoms with Gasteiger partial charge in [-0.05, 0) is 107 Å². The number of aryl methyl sites for hydroxylation is 1. The minimum Gasteiger partial charge on any atom is -0.478 e. The molecule has 0 saturated carbocycles. The third kappa shape index (κ3) is 9.56. The topological polar surface area (TPSA) is 236 Å². The number of carboxylic acids is 2. The first-order valence-corrected chi connectivity index (χ1v) is 19.8. The molecule has 12 heteroatoms. The van der Waals surface area contributed by atoms with E-state index in [0.29, 0.717) is 28.7 Å². The normalized spacial score (nSPS) is 10.8. The molecule has 310 valence electrons. The lowest BCUT2D eigenvalue weighted by Crippen LogP contribution is -2.01. The van der Waals surface area contributed by atoms with Gasteiger partial charge in [-0.2, -0.15) is 0 Å². The van der Waals surface area contributed by atoms with Crippen molar-refractivity contribution in [1.29, 1.82) is 0 Å². The highest BCUT2D eigenvalue weighted by molar-refractivity contribution is 5.93. The summed E-state index contributed by atoms with van der Waals surface area (Å²) in [4.78, 5) is 37.4. The van der Waals surface area contributed by atoms with Crippen LogP contribution in [0.15, 0.2) is 146 Å². The van der Waals surface area contributed by atoms with Crippen LogP contribution >= 0.6 is 0 Å². The summed E-state index contributed by atoms with van der Waals surface area (Å²) >= 11 is 0. The van der Waals surface area contributed by atoms with Crippen molar-refractivity contribution in [2.45, 2.75) is 26.7 Å². The van der Waals surface area contributed by atoms with Gasteiger partial charge >= 0.3 is 11.9 Å². The second-order valence-corrected chi connectivity index (χ2v) is 15.2. The SMILES string of the molecule is Cc1ccc(-c2nc3ccc(-c4ccc5nc(-c6ccc(C(C)C)cc6)[nH]c5c4)cc3[nH]2)cc1.Nc1ccc(-c2ccc(N)c(N)c2)cc1N.O=C(O)c1cccc(C(=O)O)c1. The Labute approximate surface area is 357 Å².